The zero-order valence-corrected chi connectivity index (χ0v) is 13.3. The van der Waals surface area contributed by atoms with Crippen molar-refractivity contribution in [2.75, 3.05) is 0 Å². The van der Waals surface area contributed by atoms with Gasteiger partial charge < -0.3 is 5.32 Å². The monoisotopic (exact) mass is 317 g/mol. The zero-order chi connectivity index (χ0) is 14.8. The number of rotatable bonds is 3. The Morgan fingerprint density at radius 2 is 2.19 bits per heavy atom. The normalized spacial score (nSPS) is 16.6. The minimum Gasteiger partial charge on any atom is -0.351 e. The summed E-state index contributed by atoms with van der Waals surface area (Å²) >= 11 is 7.60. The van der Waals surface area contributed by atoms with Crippen molar-refractivity contribution < 1.29 is 4.79 Å². The topological polar surface area (TPSA) is 29.1 Å². The van der Waals surface area contributed by atoms with Gasteiger partial charge in [0.2, 0.25) is 5.91 Å². The Bertz CT molecular complexity index is 686. The highest BCUT2D eigenvalue weighted by atomic mass is 35.5. The summed E-state index contributed by atoms with van der Waals surface area (Å²) in [6.45, 7) is 2.60. The van der Waals surface area contributed by atoms with E-state index in [-0.39, 0.29) is 11.2 Å². The Balaban J connectivity index is 1.60. The lowest BCUT2D eigenvalue weighted by molar-refractivity contribution is -0.120. The fourth-order valence-corrected chi connectivity index (χ4v) is 3.96. The summed E-state index contributed by atoms with van der Waals surface area (Å²) in [5, 5.41) is 3.67. The molecule has 1 aliphatic heterocycles. The van der Waals surface area contributed by atoms with Gasteiger partial charge in [-0.15, -0.1) is 11.8 Å². The van der Waals surface area contributed by atoms with Gasteiger partial charge in [0.05, 0.1) is 5.25 Å². The standard InChI is InChI=1S/C17H16ClNOS/c1-11-5-6-13-9-16(21-15(13)7-11)17(20)19-10-12-3-2-4-14(18)8-12/h2-8,16H,9-10H2,1H3,(H,19,20). The third-order valence-corrected chi connectivity index (χ3v) is 5.08. The first-order valence-corrected chi connectivity index (χ1v) is 8.16. The third kappa shape index (κ3) is 3.42. The lowest BCUT2D eigenvalue weighted by atomic mass is 10.1. The molecule has 0 aliphatic carbocycles. The molecule has 1 aliphatic rings. The molecule has 1 heterocycles. The van der Waals surface area contributed by atoms with E-state index in [0.717, 1.165) is 12.0 Å². The minimum absolute atomic E-state index is 0.0269. The fraction of sp³-hybridized carbons (Fsp3) is 0.235. The van der Waals surface area contributed by atoms with Gasteiger partial charge in [-0.3, -0.25) is 4.79 Å². The molecule has 0 saturated heterocycles. The predicted molar refractivity (Wildman–Crippen MR) is 87.8 cm³/mol. The van der Waals surface area contributed by atoms with E-state index < -0.39 is 0 Å². The van der Waals surface area contributed by atoms with Crippen LogP contribution in [-0.2, 0) is 17.8 Å². The van der Waals surface area contributed by atoms with E-state index >= 15 is 0 Å². The molecular weight excluding hydrogens is 302 g/mol. The predicted octanol–water partition coefficient (Wildman–Crippen LogP) is 3.98. The first-order chi connectivity index (χ1) is 10.1. The van der Waals surface area contributed by atoms with E-state index in [9.17, 15) is 4.79 Å². The number of fused-ring (bicyclic) bond motifs is 1. The van der Waals surface area contributed by atoms with Crippen LogP contribution in [0, 0.1) is 6.92 Å². The first-order valence-electron chi connectivity index (χ1n) is 6.90. The molecule has 4 heteroatoms. The summed E-state index contributed by atoms with van der Waals surface area (Å²) in [7, 11) is 0. The van der Waals surface area contributed by atoms with Gasteiger partial charge in [0, 0.05) is 16.5 Å². The summed E-state index contributed by atoms with van der Waals surface area (Å²) in [6.07, 6.45) is 0.807. The van der Waals surface area contributed by atoms with Crippen LogP contribution in [0.2, 0.25) is 5.02 Å². The molecule has 1 amide bonds. The maximum atomic E-state index is 12.3. The quantitative estimate of drug-likeness (QED) is 0.927. The molecule has 0 saturated carbocycles. The summed E-state index contributed by atoms with van der Waals surface area (Å²) in [5.41, 5.74) is 3.53. The number of carbonyl (C=O) groups excluding carboxylic acids is 1. The lowest BCUT2D eigenvalue weighted by Crippen LogP contribution is -2.31. The van der Waals surface area contributed by atoms with Crippen molar-refractivity contribution in [1.82, 2.24) is 5.32 Å². The van der Waals surface area contributed by atoms with Crippen molar-refractivity contribution in [2.24, 2.45) is 0 Å². The van der Waals surface area contributed by atoms with E-state index in [1.807, 2.05) is 24.3 Å². The number of benzene rings is 2. The first kappa shape index (κ1) is 14.5. The highest BCUT2D eigenvalue weighted by Gasteiger charge is 2.27. The molecule has 0 fully saturated rings. The summed E-state index contributed by atoms with van der Waals surface area (Å²) in [5.74, 6) is 0.0915. The van der Waals surface area contributed by atoms with Crippen molar-refractivity contribution in [1.29, 1.82) is 0 Å². The molecule has 2 nitrogen and oxygen atoms in total. The van der Waals surface area contributed by atoms with Gasteiger partial charge in [-0.2, -0.15) is 0 Å². The Morgan fingerprint density at radius 3 is 3.00 bits per heavy atom. The Morgan fingerprint density at radius 1 is 1.33 bits per heavy atom. The third-order valence-electron chi connectivity index (χ3n) is 3.55. The number of carbonyl (C=O) groups is 1. The maximum Gasteiger partial charge on any atom is 0.234 e. The average Bonchev–Trinajstić information content (AvgIpc) is 2.88. The van der Waals surface area contributed by atoms with Crippen LogP contribution in [0.15, 0.2) is 47.4 Å². The number of aryl methyl sites for hydroxylation is 1. The van der Waals surface area contributed by atoms with E-state index in [2.05, 4.69) is 30.4 Å². The lowest BCUT2D eigenvalue weighted by Gasteiger charge is -2.10. The Labute approximate surface area is 133 Å². The van der Waals surface area contributed by atoms with Crippen molar-refractivity contribution in [3.05, 3.63) is 64.2 Å². The van der Waals surface area contributed by atoms with Crippen molar-refractivity contribution in [3.63, 3.8) is 0 Å². The van der Waals surface area contributed by atoms with Crippen LogP contribution in [0.4, 0.5) is 0 Å². The number of hydrogen-bond donors (Lipinski definition) is 1. The second kappa shape index (κ2) is 6.12. The molecule has 21 heavy (non-hydrogen) atoms. The second-order valence-corrected chi connectivity index (χ2v) is 6.95. The number of nitrogens with one attached hydrogen (secondary N) is 1. The minimum atomic E-state index is -0.0269. The van der Waals surface area contributed by atoms with Gasteiger partial charge in [0.1, 0.15) is 0 Å². The van der Waals surface area contributed by atoms with Gasteiger partial charge in [-0.25, -0.2) is 0 Å². The molecule has 0 spiro atoms. The van der Waals surface area contributed by atoms with E-state index in [1.165, 1.54) is 16.0 Å². The highest BCUT2D eigenvalue weighted by Crippen LogP contribution is 2.37. The van der Waals surface area contributed by atoms with Gasteiger partial charge >= 0.3 is 0 Å². The van der Waals surface area contributed by atoms with Crippen LogP contribution in [0.25, 0.3) is 0 Å². The Hall–Kier alpha value is -1.45. The molecule has 0 bridgehead atoms. The molecule has 2 aromatic rings. The molecule has 0 radical (unpaired) electrons. The SMILES string of the molecule is Cc1ccc2c(c1)SC(C(=O)NCc1cccc(Cl)c1)C2. The fourth-order valence-electron chi connectivity index (χ4n) is 2.43. The molecule has 3 rings (SSSR count). The smallest absolute Gasteiger partial charge is 0.234 e. The summed E-state index contributed by atoms with van der Waals surface area (Å²) in [6, 6.07) is 14.0. The average molecular weight is 318 g/mol. The van der Waals surface area contributed by atoms with Crippen molar-refractivity contribution >= 4 is 29.3 Å². The van der Waals surface area contributed by atoms with Crippen LogP contribution in [0.1, 0.15) is 16.7 Å². The Kier molecular flexibility index (Phi) is 4.22. The van der Waals surface area contributed by atoms with Crippen LogP contribution in [0.5, 0.6) is 0 Å². The molecule has 1 N–H and O–H groups in total. The summed E-state index contributed by atoms with van der Waals surface area (Å²) in [4.78, 5) is 13.5. The maximum absolute atomic E-state index is 12.3. The van der Waals surface area contributed by atoms with Crippen LogP contribution in [0.3, 0.4) is 0 Å². The number of amides is 1. The largest absolute Gasteiger partial charge is 0.351 e. The molecular formula is C17H16ClNOS. The molecule has 1 unspecified atom stereocenters. The molecule has 2 aromatic carbocycles. The van der Waals surface area contributed by atoms with Crippen molar-refractivity contribution in [3.8, 4) is 0 Å². The van der Waals surface area contributed by atoms with E-state index in [4.69, 9.17) is 11.6 Å². The highest BCUT2D eigenvalue weighted by molar-refractivity contribution is 8.01. The molecule has 108 valence electrons. The number of halogens is 1. The van der Waals surface area contributed by atoms with E-state index in [0.29, 0.717) is 11.6 Å². The van der Waals surface area contributed by atoms with Gasteiger partial charge in [0.25, 0.3) is 0 Å². The van der Waals surface area contributed by atoms with Gasteiger partial charge in [-0.1, -0.05) is 41.4 Å². The van der Waals surface area contributed by atoms with Gasteiger partial charge in [0.15, 0.2) is 0 Å². The van der Waals surface area contributed by atoms with Crippen molar-refractivity contribution in [2.45, 2.75) is 30.0 Å². The summed E-state index contributed by atoms with van der Waals surface area (Å²) < 4.78 is 0. The molecule has 0 aromatic heterocycles. The van der Waals surface area contributed by atoms with E-state index in [1.54, 1.807) is 11.8 Å². The molecule has 1 atom stereocenters. The number of thioether (sulfide) groups is 1. The number of hydrogen-bond acceptors (Lipinski definition) is 2. The van der Waals surface area contributed by atoms with Crippen LogP contribution < -0.4 is 5.32 Å². The zero-order valence-electron chi connectivity index (χ0n) is 11.7. The van der Waals surface area contributed by atoms with Crippen LogP contribution in [-0.4, -0.2) is 11.2 Å². The van der Waals surface area contributed by atoms with Crippen LogP contribution >= 0.6 is 23.4 Å². The second-order valence-electron chi connectivity index (χ2n) is 5.27. The van der Waals surface area contributed by atoms with Gasteiger partial charge in [-0.05, 0) is 42.7 Å².